The molecular formula is C62H55N. The van der Waals surface area contributed by atoms with Gasteiger partial charge in [-0.05, 0) is 148 Å². The molecule has 0 aromatic heterocycles. The number of fused-ring (bicyclic) bond motifs is 7. The average Bonchev–Trinajstić information content (AvgIpc) is 3.59. The third-order valence-electron chi connectivity index (χ3n) is 16.2. The number of hydrogen-bond donors (Lipinski definition) is 0. The molecule has 0 bridgehead atoms. The van der Waals surface area contributed by atoms with Gasteiger partial charge in [0.2, 0.25) is 0 Å². The van der Waals surface area contributed by atoms with Crippen molar-refractivity contribution in [1.82, 2.24) is 0 Å². The van der Waals surface area contributed by atoms with Crippen LogP contribution in [0.25, 0.3) is 66.1 Å². The first-order chi connectivity index (χ1) is 30.3. The molecule has 308 valence electrons. The van der Waals surface area contributed by atoms with Crippen molar-refractivity contribution in [3.05, 3.63) is 210 Å². The summed E-state index contributed by atoms with van der Waals surface area (Å²) in [5.74, 6) is 0. The normalized spacial score (nSPS) is 16.1. The highest BCUT2D eigenvalue weighted by molar-refractivity contribution is 6.15. The van der Waals surface area contributed by atoms with Gasteiger partial charge >= 0.3 is 0 Å². The summed E-state index contributed by atoms with van der Waals surface area (Å²) >= 11 is 0. The van der Waals surface area contributed by atoms with Gasteiger partial charge in [0.05, 0.1) is 5.69 Å². The quantitative estimate of drug-likeness (QED) is 0.151. The Kier molecular flexibility index (Phi) is 8.64. The summed E-state index contributed by atoms with van der Waals surface area (Å²) in [7, 11) is 0. The van der Waals surface area contributed by atoms with E-state index in [9.17, 15) is 0 Å². The topological polar surface area (TPSA) is 3.24 Å². The Morgan fingerprint density at radius 2 is 0.857 bits per heavy atom. The number of anilines is 3. The summed E-state index contributed by atoms with van der Waals surface area (Å²) in [5, 5.41) is 5.13. The maximum Gasteiger partial charge on any atom is 0.0540 e. The lowest BCUT2D eigenvalue weighted by molar-refractivity contribution is 0.125. The Morgan fingerprint density at radius 3 is 1.59 bits per heavy atom. The first-order valence-electron chi connectivity index (χ1n) is 22.7. The molecule has 11 rings (SSSR count). The molecule has 1 heteroatoms. The molecule has 0 fully saturated rings. The van der Waals surface area contributed by atoms with Crippen LogP contribution in [0.3, 0.4) is 0 Å². The largest absolute Gasteiger partial charge is 0.310 e. The Morgan fingerprint density at radius 1 is 0.317 bits per heavy atom. The molecule has 0 heterocycles. The highest BCUT2D eigenvalue weighted by Gasteiger charge is 2.57. The molecule has 9 aromatic carbocycles. The lowest BCUT2D eigenvalue weighted by Crippen LogP contribution is -2.42. The lowest BCUT2D eigenvalue weighted by atomic mass is 9.59. The van der Waals surface area contributed by atoms with Crippen LogP contribution >= 0.6 is 0 Å². The molecule has 0 atom stereocenters. The van der Waals surface area contributed by atoms with Crippen molar-refractivity contribution in [2.75, 3.05) is 4.90 Å². The van der Waals surface area contributed by atoms with Gasteiger partial charge in [-0.2, -0.15) is 0 Å². The molecule has 2 aliphatic carbocycles. The first kappa shape index (κ1) is 39.2. The zero-order valence-electron chi connectivity index (χ0n) is 37.8. The van der Waals surface area contributed by atoms with Crippen molar-refractivity contribution in [3.63, 3.8) is 0 Å². The minimum atomic E-state index is -0.0677. The zero-order chi connectivity index (χ0) is 43.5. The third-order valence-corrected chi connectivity index (χ3v) is 16.2. The number of para-hydroxylation sites is 1. The zero-order valence-corrected chi connectivity index (χ0v) is 37.8. The standard InChI is InChI=1S/C62H55N/c1-59(2)54-28-18-16-27-49(54)53-37-44(34-35-55(53)59)63(58-29-19-17-24-46(58)40-20-10-9-11-21-40)43-32-30-41(31-33-43)50-38-56-57(61(5,6)62(7,8)60(56,3)4)39-52(50)51-36-42-22-12-13-23-45(42)47-25-14-15-26-48(47)51/h9-39H,1-8H3. The van der Waals surface area contributed by atoms with Crippen LogP contribution in [0.1, 0.15) is 77.6 Å². The Hall–Kier alpha value is -6.70. The van der Waals surface area contributed by atoms with E-state index in [0.717, 1.165) is 17.1 Å². The van der Waals surface area contributed by atoms with Crippen LogP contribution in [0, 0.1) is 5.41 Å². The van der Waals surface area contributed by atoms with Crippen molar-refractivity contribution in [2.45, 2.75) is 71.6 Å². The first-order valence-corrected chi connectivity index (χ1v) is 22.7. The van der Waals surface area contributed by atoms with Gasteiger partial charge in [0.25, 0.3) is 0 Å². The Labute approximate surface area is 373 Å². The van der Waals surface area contributed by atoms with Gasteiger partial charge in [-0.15, -0.1) is 0 Å². The summed E-state index contributed by atoms with van der Waals surface area (Å²) < 4.78 is 0. The van der Waals surface area contributed by atoms with Gasteiger partial charge in [0, 0.05) is 22.4 Å². The SMILES string of the molecule is CC1(C)c2ccccc2-c2cc(N(c3ccc(-c4cc5c(cc4-c4cc6ccccc6c6ccccc46)C(C)(C)C(C)(C)C5(C)C)cc3)c3ccccc3-c3ccccc3)ccc21. The summed E-state index contributed by atoms with van der Waals surface area (Å²) in [6.07, 6.45) is 0. The molecule has 2 aliphatic rings. The molecule has 0 unspecified atom stereocenters. The second-order valence-corrected chi connectivity index (χ2v) is 20.2. The van der Waals surface area contributed by atoms with Gasteiger partial charge in [0.15, 0.2) is 0 Å². The molecule has 63 heavy (non-hydrogen) atoms. The van der Waals surface area contributed by atoms with Gasteiger partial charge in [-0.1, -0.05) is 195 Å². The molecule has 0 amide bonds. The highest BCUT2D eigenvalue weighted by atomic mass is 15.1. The predicted molar refractivity (Wildman–Crippen MR) is 270 cm³/mol. The van der Waals surface area contributed by atoms with E-state index in [4.69, 9.17) is 0 Å². The van der Waals surface area contributed by atoms with Gasteiger partial charge in [-0.25, -0.2) is 0 Å². The molecule has 0 aliphatic heterocycles. The minimum absolute atomic E-state index is 0.0335. The van der Waals surface area contributed by atoms with Gasteiger partial charge in [0.1, 0.15) is 0 Å². The van der Waals surface area contributed by atoms with E-state index >= 15 is 0 Å². The van der Waals surface area contributed by atoms with Crippen LogP contribution in [-0.4, -0.2) is 0 Å². The fourth-order valence-electron chi connectivity index (χ4n) is 11.4. The second-order valence-electron chi connectivity index (χ2n) is 20.2. The number of benzene rings is 9. The molecule has 0 radical (unpaired) electrons. The predicted octanol–water partition coefficient (Wildman–Crippen LogP) is 17.4. The van der Waals surface area contributed by atoms with E-state index < -0.39 is 0 Å². The molecule has 0 saturated heterocycles. The molecule has 0 saturated carbocycles. The van der Waals surface area contributed by atoms with E-state index in [1.807, 2.05) is 0 Å². The van der Waals surface area contributed by atoms with Crippen LogP contribution in [0.4, 0.5) is 17.1 Å². The summed E-state index contributed by atoms with van der Waals surface area (Å²) in [6, 6.07) is 70.5. The maximum absolute atomic E-state index is 2.57. The van der Waals surface area contributed by atoms with E-state index in [1.165, 1.54) is 88.3 Å². The third kappa shape index (κ3) is 5.68. The monoisotopic (exact) mass is 813 g/mol. The van der Waals surface area contributed by atoms with Crippen LogP contribution in [0.5, 0.6) is 0 Å². The van der Waals surface area contributed by atoms with Crippen molar-refractivity contribution >= 4 is 38.6 Å². The van der Waals surface area contributed by atoms with Crippen LogP contribution in [0.15, 0.2) is 188 Å². The number of nitrogens with zero attached hydrogens (tertiary/aromatic N) is 1. The van der Waals surface area contributed by atoms with Crippen LogP contribution in [-0.2, 0) is 16.2 Å². The summed E-state index contributed by atoms with van der Waals surface area (Å²) in [5.41, 5.74) is 19.1. The van der Waals surface area contributed by atoms with Crippen molar-refractivity contribution in [1.29, 1.82) is 0 Å². The van der Waals surface area contributed by atoms with E-state index in [1.54, 1.807) is 0 Å². The molecule has 9 aromatic rings. The number of hydrogen-bond acceptors (Lipinski definition) is 1. The minimum Gasteiger partial charge on any atom is -0.310 e. The summed E-state index contributed by atoms with van der Waals surface area (Å²) in [4.78, 5) is 2.47. The lowest BCUT2D eigenvalue weighted by Gasteiger charge is -2.44. The molecule has 0 spiro atoms. The van der Waals surface area contributed by atoms with Crippen molar-refractivity contribution in [3.8, 4) is 44.5 Å². The summed E-state index contributed by atoms with van der Waals surface area (Å²) in [6.45, 7) is 19.5. The number of rotatable bonds is 6. The molecule has 0 N–H and O–H groups in total. The smallest absolute Gasteiger partial charge is 0.0540 e. The highest BCUT2D eigenvalue weighted by Crippen LogP contribution is 2.63. The van der Waals surface area contributed by atoms with Gasteiger partial charge in [-0.3, -0.25) is 0 Å². The van der Waals surface area contributed by atoms with Gasteiger partial charge < -0.3 is 4.90 Å². The van der Waals surface area contributed by atoms with E-state index in [-0.39, 0.29) is 21.7 Å². The Bertz CT molecular complexity index is 3270. The van der Waals surface area contributed by atoms with Crippen LogP contribution < -0.4 is 4.90 Å². The van der Waals surface area contributed by atoms with E-state index in [2.05, 4.69) is 248 Å². The van der Waals surface area contributed by atoms with Crippen molar-refractivity contribution in [2.24, 2.45) is 5.41 Å². The second kappa shape index (κ2) is 13.9. The average molecular weight is 814 g/mol. The van der Waals surface area contributed by atoms with Crippen molar-refractivity contribution < 1.29 is 0 Å². The Balaban J connectivity index is 1.13. The fraction of sp³-hybridized carbons (Fsp3) is 0.194. The van der Waals surface area contributed by atoms with E-state index in [0.29, 0.717) is 0 Å². The maximum atomic E-state index is 2.57. The van der Waals surface area contributed by atoms with Crippen LogP contribution in [0.2, 0.25) is 0 Å². The molecular weight excluding hydrogens is 759 g/mol. The molecule has 1 nitrogen and oxygen atoms in total. The fourth-order valence-corrected chi connectivity index (χ4v) is 11.4.